The highest BCUT2D eigenvalue weighted by Gasteiger charge is 2.15. The third-order valence-electron chi connectivity index (χ3n) is 2.61. The second-order valence-electron chi connectivity index (χ2n) is 3.89. The van der Waals surface area contributed by atoms with Crippen LogP contribution >= 0.6 is 11.8 Å². The number of benzene rings is 1. The lowest BCUT2D eigenvalue weighted by Gasteiger charge is -2.15. The van der Waals surface area contributed by atoms with Crippen LogP contribution in [-0.2, 0) is 0 Å². The van der Waals surface area contributed by atoms with E-state index in [1.807, 2.05) is 36.9 Å². The fourth-order valence-electron chi connectivity index (χ4n) is 1.79. The summed E-state index contributed by atoms with van der Waals surface area (Å²) < 4.78 is 5.47. The van der Waals surface area contributed by atoms with E-state index in [0.717, 1.165) is 11.4 Å². The van der Waals surface area contributed by atoms with Gasteiger partial charge in [-0.3, -0.25) is 0 Å². The Kier molecular flexibility index (Phi) is 3.83. The Balaban J connectivity index is 2.05. The summed E-state index contributed by atoms with van der Waals surface area (Å²) in [7, 11) is 0. The maximum Gasteiger partial charge on any atom is 0.144 e. The van der Waals surface area contributed by atoms with Gasteiger partial charge in [0.2, 0.25) is 0 Å². The van der Waals surface area contributed by atoms with E-state index < -0.39 is 0 Å². The molecule has 1 aromatic rings. The quantitative estimate of drug-likeness (QED) is 0.792. The normalized spacial score (nSPS) is 19.7. The smallest absolute Gasteiger partial charge is 0.144 e. The third kappa shape index (κ3) is 2.76. The van der Waals surface area contributed by atoms with E-state index in [1.54, 1.807) is 0 Å². The highest BCUT2D eigenvalue weighted by molar-refractivity contribution is 7.99. The number of thioether (sulfide) groups is 1. The van der Waals surface area contributed by atoms with E-state index in [9.17, 15) is 0 Å². The number of hydrogen-bond acceptors (Lipinski definition) is 4. The zero-order valence-corrected chi connectivity index (χ0v) is 10.3. The van der Waals surface area contributed by atoms with Gasteiger partial charge in [-0.1, -0.05) is 0 Å². The standard InChI is InChI=1S/C12H18N2OS/c1-2-15-12-7-9(3-4-11(12)13)14-10-5-6-16-8-10/h3-4,7,10,14H,2,5-6,8,13H2,1H3. The van der Waals surface area contributed by atoms with Crippen molar-refractivity contribution < 1.29 is 4.74 Å². The van der Waals surface area contributed by atoms with Crippen LogP contribution in [-0.4, -0.2) is 24.2 Å². The van der Waals surface area contributed by atoms with Crippen molar-refractivity contribution in [3.63, 3.8) is 0 Å². The van der Waals surface area contributed by atoms with Gasteiger partial charge in [-0.25, -0.2) is 0 Å². The molecule has 0 radical (unpaired) electrons. The second kappa shape index (κ2) is 5.34. The molecule has 4 heteroatoms. The number of anilines is 2. The maximum atomic E-state index is 5.83. The van der Waals surface area contributed by atoms with Crippen molar-refractivity contribution in [2.75, 3.05) is 29.2 Å². The van der Waals surface area contributed by atoms with Crippen molar-refractivity contribution in [1.29, 1.82) is 0 Å². The fraction of sp³-hybridized carbons (Fsp3) is 0.500. The van der Waals surface area contributed by atoms with E-state index in [0.29, 0.717) is 18.3 Å². The predicted molar refractivity (Wildman–Crippen MR) is 71.4 cm³/mol. The van der Waals surface area contributed by atoms with Crippen molar-refractivity contribution in [2.45, 2.75) is 19.4 Å². The van der Waals surface area contributed by atoms with E-state index in [4.69, 9.17) is 10.5 Å². The van der Waals surface area contributed by atoms with Crippen LogP contribution in [0.1, 0.15) is 13.3 Å². The molecule has 1 aromatic carbocycles. The first kappa shape index (κ1) is 11.5. The van der Waals surface area contributed by atoms with Gasteiger partial charge in [-0.15, -0.1) is 0 Å². The molecular weight excluding hydrogens is 220 g/mol. The lowest BCUT2D eigenvalue weighted by molar-refractivity contribution is 0.342. The molecule has 1 fully saturated rings. The van der Waals surface area contributed by atoms with Crippen molar-refractivity contribution in [3.8, 4) is 5.75 Å². The summed E-state index contributed by atoms with van der Waals surface area (Å²) in [5.41, 5.74) is 7.63. The Morgan fingerprint density at radius 2 is 2.44 bits per heavy atom. The summed E-state index contributed by atoms with van der Waals surface area (Å²) in [6, 6.07) is 6.49. The summed E-state index contributed by atoms with van der Waals surface area (Å²) in [6.45, 7) is 2.61. The van der Waals surface area contributed by atoms with Crippen LogP contribution in [0.4, 0.5) is 11.4 Å². The molecule has 0 amide bonds. The summed E-state index contributed by atoms with van der Waals surface area (Å²) in [5, 5.41) is 3.51. The van der Waals surface area contributed by atoms with Gasteiger partial charge in [0.05, 0.1) is 12.3 Å². The van der Waals surface area contributed by atoms with Crippen LogP contribution in [0.2, 0.25) is 0 Å². The summed E-state index contributed by atoms with van der Waals surface area (Å²) >= 11 is 2.00. The lowest BCUT2D eigenvalue weighted by Crippen LogP contribution is -2.18. The Labute approximate surface area is 101 Å². The van der Waals surface area contributed by atoms with Crippen molar-refractivity contribution in [1.82, 2.24) is 0 Å². The maximum absolute atomic E-state index is 5.83. The average molecular weight is 238 g/mol. The molecule has 0 aromatic heterocycles. The van der Waals surface area contributed by atoms with Gasteiger partial charge in [-0.05, 0) is 31.2 Å². The number of ether oxygens (including phenoxy) is 1. The minimum atomic E-state index is 0.586. The highest BCUT2D eigenvalue weighted by Crippen LogP contribution is 2.28. The molecule has 16 heavy (non-hydrogen) atoms. The van der Waals surface area contributed by atoms with Crippen LogP contribution in [0.5, 0.6) is 5.75 Å². The number of nitrogens with two attached hydrogens (primary N) is 1. The molecule has 88 valence electrons. The van der Waals surface area contributed by atoms with Crippen molar-refractivity contribution in [2.24, 2.45) is 0 Å². The van der Waals surface area contributed by atoms with Gasteiger partial charge in [0.15, 0.2) is 0 Å². The molecule has 0 spiro atoms. The van der Waals surface area contributed by atoms with E-state index >= 15 is 0 Å². The third-order valence-corrected chi connectivity index (χ3v) is 3.78. The first-order valence-corrected chi connectivity index (χ1v) is 6.81. The largest absolute Gasteiger partial charge is 0.492 e. The first-order valence-electron chi connectivity index (χ1n) is 5.66. The van der Waals surface area contributed by atoms with E-state index in [-0.39, 0.29) is 0 Å². The zero-order valence-electron chi connectivity index (χ0n) is 9.53. The zero-order chi connectivity index (χ0) is 11.4. The predicted octanol–water partition coefficient (Wildman–Crippen LogP) is 2.58. The minimum Gasteiger partial charge on any atom is -0.492 e. The van der Waals surface area contributed by atoms with Crippen LogP contribution in [0.3, 0.4) is 0 Å². The molecule has 1 aliphatic rings. The molecule has 1 saturated heterocycles. The Hall–Kier alpha value is -1.03. The molecule has 1 heterocycles. The van der Waals surface area contributed by atoms with Crippen LogP contribution < -0.4 is 15.8 Å². The van der Waals surface area contributed by atoms with Gasteiger partial charge in [-0.2, -0.15) is 11.8 Å². The van der Waals surface area contributed by atoms with E-state index in [2.05, 4.69) is 5.32 Å². The second-order valence-corrected chi connectivity index (χ2v) is 5.04. The molecule has 0 bridgehead atoms. The molecule has 3 nitrogen and oxygen atoms in total. The van der Waals surface area contributed by atoms with Crippen LogP contribution in [0.15, 0.2) is 18.2 Å². The molecule has 0 saturated carbocycles. The number of nitrogens with one attached hydrogen (secondary N) is 1. The van der Waals surface area contributed by atoms with E-state index in [1.165, 1.54) is 17.9 Å². The molecular formula is C12H18N2OS. The van der Waals surface area contributed by atoms with Gasteiger partial charge >= 0.3 is 0 Å². The van der Waals surface area contributed by atoms with Crippen molar-refractivity contribution in [3.05, 3.63) is 18.2 Å². The molecule has 1 aliphatic heterocycles. The van der Waals surface area contributed by atoms with Crippen LogP contribution in [0.25, 0.3) is 0 Å². The fourth-order valence-corrected chi connectivity index (χ4v) is 2.94. The van der Waals surface area contributed by atoms with Gasteiger partial charge in [0.25, 0.3) is 0 Å². The van der Waals surface area contributed by atoms with Gasteiger partial charge < -0.3 is 15.8 Å². The topological polar surface area (TPSA) is 47.3 Å². The molecule has 0 aliphatic carbocycles. The average Bonchev–Trinajstić information content (AvgIpc) is 2.76. The Morgan fingerprint density at radius 1 is 1.56 bits per heavy atom. The van der Waals surface area contributed by atoms with Gasteiger partial charge in [0, 0.05) is 23.5 Å². The SMILES string of the molecule is CCOc1cc(NC2CCSC2)ccc1N. The minimum absolute atomic E-state index is 0.586. The summed E-state index contributed by atoms with van der Waals surface area (Å²) in [5.74, 6) is 3.22. The number of rotatable bonds is 4. The molecule has 2 rings (SSSR count). The molecule has 1 atom stereocenters. The Morgan fingerprint density at radius 3 is 3.12 bits per heavy atom. The summed E-state index contributed by atoms with van der Waals surface area (Å²) in [6.07, 6.45) is 1.24. The van der Waals surface area contributed by atoms with Crippen LogP contribution in [0, 0.1) is 0 Å². The molecule has 3 N–H and O–H groups in total. The van der Waals surface area contributed by atoms with Gasteiger partial charge in [0.1, 0.15) is 5.75 Å². The van der Waals surface area contributed by atoms with Crippen molar-refractivity contribution >= 4 is 23.1 Å². The summed E-state index contributed by atoms with van der Waals surface area (Å²) in [4.78, 5) is 0. The monoisotopic (exact) mass is 238 g/mol. The molecule has 1 unspecified atom stereocenters. The Bertz CT molecular complexity index is 351. The lowest BCUT2D eigenvalue weighted by atomic mass is 10.2. The number of hydrogen-bond donors (Lipinski definition) is 2. The highest BCUT2D eigenvalue weighted by atomic mass is 32.2. The first-order chi connectivity index (χ1) is 7.79. The number of nitrogen functional groups attached to an aromatic ring is 1.